The molecule has 0 saturated heterocycles. The number of hydrogen-bond donors (Lipinski definition) is 3. The number of aliphatic hydroxyl groups is 3. The van der Waals surface area contributed by atoms with E-state index in [9.17, 15) is 15.3 Å². The molecule has 3 N–H and O–H groups in total. The Labute approximate surface area is 126 Å². The Morgan fingerprint density at radius 2 is 2.14 bits per heavy atom. The second-order valence-electron chi connectivity index (χ2n) is 9.06. The van der Waals surface area contributed by atoms with Gasteiger partial charge >= 0.3 is 0 Å². The van der Waals surface area contributed by atoms with E-state index in [-0.39, 0.29) is 23.9 Å². The largest absolute Gasteiger partial charge is 0.396 e. The molecule has 21 heavy (non-hydrogen) atoms. The van der Waals surface area contributed by atoms with Gasteiger partial charge in [-0.15, -0.1) is 0 Å². The fourth-order valence-corrected chi connectivity index (χ4v) is 7.65. The van der Waals surface area contributed by atoms with E-state index in [2.05, 4.69) is 13.0 Å². The fourth-order valence-electron chi connectivity index (χ4n) is 7.65. The number of fused-ring (bicyclic) bond motifs is 3. The van der Waals surface area contributed by atoms with E-state index in [0.29, 0.717) is 11.8 Å². The molecule has 5 aliphatic carbocycles. The predicted octanol–water partition coefficient (Wildman–Crippen LogP) is 1.86. The molecule has 3 nitrogen and oxygen atoms in total. The van der Waals surface area contributed by atoms with Crippen molar-refractivity contribution >= 4 is 0 Å². The molecule has 0 amide bonds. The Kier molecular flexibility index (Phi) is 2.23. The SMILES string of the molecule is CC12CC3C=C4CCC5CC(C(O)(C3)C1)C5(CO)C(O)C42. The molecule has 0 aliphatic heterocycles. The summed E-state index contributed by atoms with van der Waals surface area (Å²) in [5.74, 6) is 1.11. The lowest BCUT2D eigenvalue weighted by Crippen LogP contribution is -2.65. The second kappa shape index (κ2) is 3.58. The van der Waals surface area contributed by atoms with Crippen LogP contribution in [0, 0.1) is 34.5 Å². The van der Waals surface area contributed by atoms with Gasteiger partial charge in [-0.2, -0.15) is 0 Å². The van der Waals surface area contributed by atoms with Gasteiger partial charge in [0.1, 0.15) is 0 Å². The summed E-state index contributed by atoms with van der Waals surface area (Å²) in [6, 6.07) is 0. The van der Waals surface area contributed by atoms with Crippen LogP contribution in [-0.4, -0.2) is 33.6 Å². The van der Waals surface area contributed by atoms with E-state index in [1.807, 2.05) is 0 Å². The molecule has 0 aromatic heterocycles. The first-order valence-electron chi connectivity index (χ1n) is 8.65. The maximum atomic E-state index is 11.4. The molecule has 116 valence electrons. The van der Waals surface area contributed by atoms with Gasteiger partial charge in [0.15, 0.2) is 0 Å². The average molecular weight is 290 g/mol. The lowest BCUT2D eigenvalue weighted by Gasteiger charge is -2.62. The minimum absolute atomic E-state index is 0.00949. The normalized spacial score (nSPS) is 63.6. The molecular formula is C18H26O3. The summed E-state index contributed by atoms with van der Waals surface area (Å²) in [6.07, 6.45) is 7.83. The van der Waals surface area contributed by atoms with Crippen LogP contribution >= 0.6 is 0 Å². The topological polar surface area (TPSA) is 60.7 Å². The van der Waals surface area contributed by atoms with Gasteiger partial charge in [-0.25, -0.2) is 0 Å². The third kappa shape index (κ3) is 1.26. The van der Waals surface area contributed by atoms with Crippen molar-refractivity contribution in [3.8, 4) is 0 Å². The third-order valence-corrected chi connectivity index (χ3v) is 8.15. The van der Waals surface area contributed by atoms with Crippen molar-refractivity contribution in [3.05, 3.63) is 11.6 Å². The molecule has 0 heterocycles. The zero-order chi connectivity index (χ0) is 14.6. The molecule has 5 aliphatic rings. The smallest absolute Gasteiger partial charge is 0.0695 e. The van der Waals surface area contributed by atoms with Crippen molar-refractivity contribution in [3.63, 3.8) is 0 Å². The third-order valence-electron chi connectivity index (χ3n) is 8.15. The van der Waals surface area contributed by atoms with Gasteiger partial charge in [0.05, 0.1) is 18.3 Å². The summed E-state index contributed by atoms with van der Waals surface area (Å²) in [7, 11) is 0. The molecule has 0 radical (unpaired) electrons. The van der Waals surface area contributed by atoms with E-state index in [1.54, 1.807) is 0 Å². The van der Waals surface area contributed by atoms with Gasteiger partial charge in [0.2, 0.25) is 0 Å². The molecule has 8 unspecified atom stereocenters. The summed E-state index contributed by atoms with van der Waals surface area (Å²) in [4.78, 5) is 0. The zero-order valence-corrected chi connectivity index (χ0v) is 12.8. The van der Waals surface area contributed by atoms with Crippen molar-refractivity contribution < 1.29 is 15.3 Å². The first kappa shape index (κ1) is 13.1. The standard InChI is InChI=1S/C18H26O3/c1-16-6-10-4-11-2-3-12-5-13(17(21,7-10)8-16)18(12,9-19)15(20)14(11)16/h4,10,12-15,19-21H,2-3,5-9H2,1H3. The minimum atomic E-state index is -0.675. The highest BCUT2D eigenvalue weighted by Gasteiger charge is 2.73. The molecule has 0 spiro atoms. The summed E-state index contributed by atoms with van der Waals surface area (Å²) in [5, 5.41) is 33.0. The first-order chi connectivity index (χ1) is 9.93. The van der Waals surface area contributed by atoms with E-state index >= 15 is 0 Å². The van der Waals surface area contributed by atoms with Crippen LogP contribution in [-0.2, 0) is 0 Å². The van der Waals surface area contributed by atoms with Crippen LogP contribution in [0.2, 0.25) is 0 Å². The van der Waals surface area contributed by atoms with Gasteiger partial charge in [0, 0.05) is 11.3 Å². The maximum Gasteiger partial charge on any atom is 0.0695 e. The van der Waals surface area contributed by atoms with Gasteiger partial charge < -0.3 is 15.3 Å². The van der Waals surface area contributed by atoms with Crippen molar-refractivity contribution in [2.75, 3.05) is 6.61 Å². The highest BCUT2D eigenvalue weighted by molar-refractivity contribution is 5.32. The van der Waals surface area contributed by atoms with Crippen LogP contribution in [0.1, 0.15) is 45.4 Å². The molecule has 5 bridgehead atoms. The average Bonchev–Trinajstić information content (AvgIpc) is 2.43. The number of aliphatic hydroxyl groups excluding tert-OH is 2. The van der Waals surface area contributed by atoms with Crippen molar-refractivity contribution in [2.45, 2.75) is 57.2 Å². The minimum Gasteiger partial charge on any atom is -0.396 e. The van der Waals surface area contributed by atoms with Gasteiger partial charge in [0.25, 0.3) is 0 Å². The summed E-state index contributed by atoms with van der Waals surface area (Å²) in [6.45, 7) is 2.32. The van der Waals surface area contributed by atoms with Crippen LogP contribution < -0.4 is 0 Å². The van der Waals surface area contributed by atoms with Crippen molar-refractivity contribution in [1.82, 2.24) is 0 Å². The monoisotopic (exact) mass is 290 g/mol. The van der Waals surface area contributed by atoms with Gasteiger partial charge in [-0.1, -0.05) is 18.6 Å². The van der Waals surface area contributed by atoms with Crippen LogP contribution in [0.5, 0.6) is 0 Å². The van der Waals surface area contributed by atoms with Crippen LogP contribution in [0.4, 0.5) is 0 Å². The summed E-state index contributed by atoms with van der Waals surface area (Å²) >= 11 is 0. The highest BCUT2D eigenvalue weighted by atomic mass is 16.3. The Bertz CT molecular complexity index is 543. The Morgan fingerprint density at radius 1 is 1.33 bits per heavy atom. The molecule has 5 rings (SSSR count). The number of hydrogen-bond acceptors (Lipinski definition) is 3. The molecule has 0 aromatic rings. The Morgan fingerprint density at radius 3 is 2.90 bits per heavy atom. The number of rotatable bonds is 1. The van der Waals surface area contributed by atoms with Gasteiger partial charge in [-0.05, 0) is 61.7 Å². The van der Waals surface area contributed by atoms with Crippen LogP contribution in [0.3, 0.4) is 0 Å². The van der Waals surface area contributed by atoms with E-state index in [1.165, 1.54) is 5.57 Å². The summed E-state index contributed by atoms with van der Waals surface area (Å²) < 4.78 is 0. The first-order valence-corrected chi connectivity index (χ1v) is 8.65. The zero-order valence-electron chi connectivity index (χ0n) is 12.8. The Hall–Kier alpha value is -0.380. The maximum absolute atomic E-state index is 11.4. The fraction of sp³-hybridized carbons (Fsp3) is 0.889. The molecular weight excluding hydrogens is 264 g/mol. The second-order valence-corrected chi connectivity index (χ2v) is 9.06. The highest BCUT2D eigenvalue weighted by Crippen LogP contribution is 2.73. The predicted molar refractivity (Wildman–Crippen MR) is 78.3 cm³/mol. The molecule has 8 atom stereocenters. The quantitative estimate of drug-likeness (QED) is 0.646. The molecule has 4 fully saturated rings. The van der Waals surface area contributed by atoms with Crippen LogP contribution in [0.15, 0.2) is 11.6 Å². The molecule has 0 aromatic carbocycles. The number of allylic oxidation sites excluding steroid dienone is 1. The summed E-state index contributed by atoms with van der Waals surface area (Å²) in [5.41, 5.74) is 0.333. The Balaban J connectivity index is 1.80. The van der Waals surface area contributed by atoms with E-state index in [4.69, 9.17) is 0 Å². The molecule has 3 heteroatoms. The van der Waals surface area contributed by atoms with E-state index in [0.717, 1.165) is 38.5 Å². The van der Waals surface area contributed by atoms with E-state index < -0.39 is 17.1 Å². The van der Waals surface area contributed by atoms with Crippen molar-refractivity contribution in [2.24, 2.45) is 34.5 Å². The van der Waals surface area contributed by atoms with Crippen LogP contribution in [0.25, 0.3) is 0 Å². The van der Waals surface area contributed by atoms with Crippen molar-refractivity contribution in [1.29, 1.82) is 0 Å². The molecule has 4 saturated carbocycles. The van der Waals surface area contributed by atoms with Gasteiger partial charge in [-0.3, -0.25) is 0 Å². The lowest BCUT2D eigenvalue weighted by atomic mass is 9.45. The lowest BCUT2D eigenvalue weighted by molar-refractivity contribution is -0.230.